The molecule has 2 aromatic carbocycles. The van der Waals surface area contributed by atoms with Crippen LogP contribution in [0.3, 0.4) is 0 Å². The Kier molecular flexibility index (Phi) is 7.28. The molecule has 0 bridgehead atoms. The number of hydrogen-bond acceptors (Lipinski definition) is 7. The second-order valence-electron chi connectivity index (χ2n) is 11.0. The lowest BCUT2D eigenvalue weighted by molar-refractivity contribution is -0.143. The highest BCUT2D eigenvalue weighted by molar-refractivity contribution is 6.07. The summed E-state index contributed by atoms with van der Waals surface area (Å²) in [6.45, 7) is 4.37. The average molecular weight is 574 g/mol. The molecule has 1 unspecified atom stereocenters. The highest BCUT2D eigenvalue weighted by Gasteiger charge is 2.72. The van der Waals surface area contributed by atoms with Gasteiger partial charge in [0, 0.05) is 24.5 Å². The average Bonchev–Trinajstić information content (AvgIpc) is 3.33. The van der Waals surface area contributed by atoms with Crippen molar-refractivity contribution in [1.29, 1.82) is 0 Å². The number of benzene rings is 2. The smallest absolute Gasteiger partial charge is 0.253 e. The molecule has 3 amide bonds. The van der Waals surface area contributed by atoms with Crippen molar-refractivity contribution < 1.29 is 33.7 Å². The van der Waals surface area contributed by atoms with Gasteiger partial charge in [-0.15, -0.1) is 0 Å². The number of carbonyl (C=O) groups is 3. The first-order chi connectivity index (χ1) is 20.3. The highest BCUT2D eigenvalue weighted by atomic mass is 16.5. The fourth-order valence-electron chi connectivity index (χ4n) is 6.75. The molecule has 1 N–H and O–H groups in total. The number of likely N-dealkylation sites (tertiary alicyclic amines) is 1. The maximum absolute atomic E-state index is 14.4. The molecule has 0 radical (unpaired) electrons. The summed E-state index contributed by atoms with van der Waals surface area (Å²) in [5.74, 6) is -1.41. The number of nitrogens with zero attached hydrogens (tertiary/aromatic N) is 3. The van der Waals surface area contributed by atoms with Gasteiger partial charge in [-0.2, -0.15) is 0 Å². The number of aliphatic hydroxyl groups is 1. The molecule has 10 nitrogen and oxygen atoms in total. The van der Waals surface area contributed by atoms with Crippen LogP contribution in [0.1, 0.15) is 13.8 Å². The molecule has 2 saturated heterocycles. The second-order valence-corrected chi connectivity index (χ2v) is 11.0. The predicted molar refractivity (Wildman–Crippen MR) is 155 cm³/mol. The number of rotatable bonds is 7. The Hall–Kier alpha value is -4.15. The molecule has 42 heavy (non-hydrogen) atoms. The summed E-state index contributed by atoms with van der Waals surface area (Å²) in [4.78, 5) is 47.7. The minimum Gasteiger partial charge on any atom is -0.497 e. The molecule has 4 aliphatic rings. The van der Waals surface area contributed by atoms with Gasteiger partial charge in [-0.1, -0.05) is 24.3 Å². The molecule has 0 aliphatic carbocycles. The number of amides is 3. The first kappa shape index (κ1) is 28.0. The van der Waals surface area contributed by atoms with Crippen LogP contribution >= 0.6 is 0 Å². The number of fused-ring (bicyclic) bond motifs is 2. The number of hydrogen-bond donors (Lipinski definition) is 1. The fraction of sp³-hybridized carbons (Fsp3) is 0.406. The summed E-state index contributed by atoms with van der Waals surface area (Å²) in [5.41, 5.74) is -0.0639. The van der Waals surface area contributed by atoms with E-state index in [9.17, 15) is 19.5 Å². The van der Waals surface area contributed by atoms with E-state index >= 15 is 0 Å². The van der Waals surface area contributed by atoms with Crippen molar-refractivity contribution in [2.24, 2.45) is 11.8 Å². The van der Waals surface area contributed by atoms with Crippen LogP contribution in [0.25, 0.3) is 0 Å². The summed E-state index contributed by atoms with van der Waals surface area (Å²) in [5, 5.41) is 10.2. The number of carbonyl (C=O) groups excluding carboxylic acids is 3. The SMILES string of the molecule is CCOc1ccc(N2CC=C[C@H]3O[C@]45C=CCN(c6ccc(OC)cc6)C(=O)C4N([C@H](C)CO)C(=O)[C@@H]5[C@H]3C2=O)cc1. The van der Waals surface area contributed by atoms with E-state index in [1.807, 2.05) is 49.4 Å². The van der Waals surface area contributed by atoms with Gasteiger partial charge in [0.15, 0.2) is 0 Å². The Labute approximate surface area is 244 Å². The van der Waals surface area contributed by atoms with Crippen molar-refractivity contribution in [3.05, 3.63) is 72.8 Å². The van der Waals surface area contributed by atoms with Crippen LogP contribution in [0, 0.1) is 11.8 Å². The molecule has 220 valence electrons. The van der Waals surface area contributed by atoms with Gasteiger partial charge in [0.1, 0.15) is 23.1 Å². The molecule has 2 fully saturated rings. The van der Waals surface area contributed by atoms with Crippen molar-refractivity contribution >= 4 is 29.1 Å². The largest absolute Gasteiger partial charge is 0.497 e. The maximum Gasteiger partial charge on any atom is 0.253 e. The predicted octanol–water partition coefficient (Wildman–Crippen LogP) is 2.56. The lowest BCUT2D eigenvalue weighted by Gasteiger charge is -2.37. The van der Waals surface area contributed by atoms with Gasteiger partial charge in [0.2, 0.25) is 11.8 Å². The third-order valence-corrected chi connectivity index (χ3v) is 8.68. The van der Waals surface area contributed by atoms with Gasteiger partial charge < -0.3 is 34.0 Å². The van der Waals surface area contributed by atoms with E-state index in [4.69, 9.17) is 14.2 Å². The number of aliphatic hydroxyl groups excluding tert-OH is 1. The number of methoxy groups -OCH3 is 1. The Balaban J connectivity index is 1.40. The molecule has 6 atom stereocenters. The lowest BCUT2D eigenvalue weighted by Crippen LogP contribution is -2.57. The quantitative estimate of drug-likeness (QED) is 0.507. The minimum atomic E-state index is -1.38. The van der Waals surface area contributed by atoms with Gasteiger partial charge >= 0.3 is 0 Å². The molecular weight excluding hydrogens is 538 g/mol. The van der Waals surface area contributed by atoms with Crippen molar-refractivity contribution in [3.8, 4) is 11.5 Å². The van der Waals surface area contributed by atoms with Crippen LogP contribution in [0.4, 0.5) is 11.4 Å². The summed E-state index contributed by atoms with van der Waals surface area (Å²) >= 11 is 0. The molecular formula is C32H35N3O7. The van der Waals surface area contributed by atoms with Gasteiger partial charge in [0.05, 0.1) is 44.3 Å². The van der Waals surface area contributed by atoms with Crippen LogP contribution < -0.4 is 19.3 Å². The highest BCUT2D eigenvalue weighted by Crippen LogP contribution is 2.54. The van der Waals surface area contributed by atoms with Crippen LogP contribution in [0.2, 0.25) is 0 Å². The van der Waals surface area contributed by atoms with Crippen molar-refractivity contribution in [1.82, 2.24) is 4.90 Å². The minimum absolute atomic E-state index is 0.251. The first-order valence-electron chi connectivity index (χ1n) is 14.3. The lowest BCUT2D eigenvalue weighted by atomic mass is 9.77. The number of anilines is 2. The Morgan fingerprint density at radius 2 is 1.55 bits per heavy atom. The normalized spacial score (nSPS) is 29.1. The summed E-state index contributed by atoms with van der Waals surface area (Å²) < 4.78 is 17.5. The Bertz CT molecular complexity index is 1420. The molecule has 1 spiro atoms. The zero-order chi connectivity index (χ0) is 29.6. The van der Waals surface area contributed by atoms with E-state index in [0.29, 0.717) is 36.0 Å². The monoisotopic (exact) mass is 573 g/mol. The van der Waals surface area contributed by atoms with Crippen LogP contribution in [-0.2, 0) is 19.1 Å². The third-order valence-electron chi connectivity index (χ3n) is 8.68. The van der Waals surface area contributed by atoms with E-state index in [1.54, 1.807) is 54.2 Å². The van der Waals surface area contributed by atoms with E-state index < -0.39 is 35.6 Å². The Morgan fingerprint density at radius 3 is 2.17 bits per heavy atom. The van der Waals surface area contributed by atoms with Gasteiger partial charge in [-0.05, 0) is 62.4 Å². The molecule has 2 aromatic rings. The van der Waals surface area contributed by atoms with Crippen molar-refractivity contribution in [2.75, 3.05) is 43.2 Å². The second kappa shape index (κ2) is 10.9. The fourth-order valence-corrected chi connectivity index (χ4v) is 6.75. The molecule has 4 heterocycles. The van der Waals surface area contributed by atoms with Crippen LogP contribution in [0.5, 0.6) is 11.5 Å². The molecule has 10 heteroatoms. The first-order valence-corrected chi connectivity index (χ1v) is 14.3. The van der Waals surface area contributed by atoms with E-state index in [-0.39, 0.29) is 30.9 Å². The van der Waals surface area contributed by atoms with Gasteiger partial charge in [0.25, 0.3) is 5.91 Å². The third kappa shape index (κ3) is 4.28. The Morgan fingerprint density at radius 1 is 0.929 bits per heavy atom. The van der Waals surface area contributed by atoms with E-state index in [1.165, 1.54) is 4.90 Å². The van der Waals surface area contributed by atoms with Gasteiger partial charge in [-0.25, -0.2) is 0 Å². The summed E-state index contributed by atoms with van der Waals surface area (Å²) in [6.07, 6.45) is 6.63. The summed E-state index contributed by atoms with van der Waals surface area (Å²) in [7, 11) is 1.57. The zero-order valence-electron chi connectivity index (χ0n) is 23.9. The molecule has 0 aromatic heterocycles. The van der Waals surface area contributed by atoms with E-state index in [0.717, 1.165) is 0 Å². The zero-order valence-corrected chi connectivity index (χ0v) is 23.9. The van der Waals surface area contributed by atoms with E-state index in [2.05, 4.69) is 0 Å². The summed E-state index contributed by atoms with van der Waals surface area (Å²) in [6, 6.07) is 12.7. The van der Waals surface area contributed by atoms with Crippen molar-refractivity contribution in [2.45, 2.75) is 37.6 Å². The van der Waals surface area contributed by atoms with Gasteiger partial charge in [-0.3, -0.25) is 14.4 Å². The molecule has 0 saturated carbocycles. The van der Waals surface area contributed by atoms with Crippen molar-refractivity contribution in [3.63, 3.8) is 0 Å². The molecule has 4 aliphatic heterocycles. The standard InChI is InChI=1S/C32H35N3O7/c1-4-41-24-14-10-21(11-15-24)33-17-5-7-25-26(29(33)37)27-30(38)35(20(2)19-36)28-31(39)34(18-6-16-32(27,28)42-25)22-8-12-23(40-3)13-9-22/h5-16,20,25-28,36H,4,17-19H2,1-3H3/t20-,25-,26+,27+,28?,32+/m1/s1. The topological polar surface area (TPSA) is 109 Å². The number of ether oxygens (including phenoxy) is 3. The van der Waals surface area contributed by atoms with Crippen LogP contribution in [-0.4, -0.2) is 84.9 Å². The molecule has 6 rings (SSSR count). The maximum atomic E-state index is 14.4. The van der Waals surface area contributed by atoms with Crippen LogP contribution in [0.15, 0.2) is 72.8 Å².